The first-order chi connectivity index (χ1) is 12.8. The van der Waals surface area contributed by atoms with E-state index in [0.717, 1.165) is 6.42 Å². The number of hydrogen-bond acceptors (Lipinski definition) is 5. The van der Waals surface area contributed by atoms with Gasteiger partial charge in [-0.1, -0.05) is 11.8 Å². The van der Waals surface area contributed by atoms with E-state index in [2.05, 4.69) is 29.0 Å². The number of carbonyl (C=O) groups excluding carboxylic acids is 2. The minimum Gasteiger partial charge on any atom is -0.396 e. The number of benzene rings is 1. The minimum absolute atomic E-state index is 0.169. The summed E-state index contributed by atoms with van der Waals surface area (Å²) in [5.41, 5.74) is 5.99. The van der Waals surface area contributed by atoms with Crippen LogP contribution in [0.3, 0.4) is 0 Å². The summed E-state index contributed by atoms with van der Waals surface area (Å²) in [6.45, 7) is 2.69. The molecule has 1 fully saturated rings. The number of Topliss-reactive ketones (excluding diaryl/α,β-unsaturated/α-hetero) is 1. The molecule has 0 aliphatic heterocycles. The quantitative estimate of drug-likeness (QED) is 0.531. The summed E-state index contributed by atoms with van der Waals surface area (Å²) in [6, 6.07) is 5.58. The third-order valence-corrected chi connectivity index (χ3v) is 4.33. The fraction of sp³-hybridized carbons (Fsp3) is 0.429. The zero-order valence-electron chi connectivity index (χ0n) is 15.5. The Balaban J connectivity index is 2.00. The zero-order chi connectivity index (χ0) is 20.0. The van der Waals surface area contributed by atoms with Gasteiger partial charge in [0, 0.05) is 29.2 Å². The highest BCUT2D eigenvalue weighted by molar-refractivity contribution is 5.98. The molecule has 5 N–H and O–H groups in total. The van der Waals surface area contributed by atoms with Crippen LogP contribution in [0.5, 0.6) is 0 Å². The second-order valence-electron chi connectivity index (χ2n) is 7.23. The Morgan fingerprint density at radius 2 is 1.93 bits per heavy atom. The minimum atomic E-state index is -1.00. The molecule has 0 spiro atoms. The first-order valence-electron chi connectivity index (χ1n) is 8.72. The monoisotopic (exact) mass is 368 g/mol. The molecule has 1 amide bonds. The van der Waals surface area contributed by atoms with Crippen LogP contribution in [0.2, 0.25) is 0 Å². The van der Waals surface area contributed by atoms with E-state index >= 15 is 0 Å². The molecule has 1 saturated carbocycles. The van der Waals surface area contributed by atoms with E-state index in [1.807, 2.05) is 0 Å². The van der Waals surface area contributed by atoms with Gasteiger partial charge in [-0.3, -0.25) is 9.59 Å². The maximum Gasteiger partial charge on any atom is 0.251 e. The number of nitrogens with one attached hydrogen (secondary N) is 1. The van der Waals surface area contributed by atoms with Crippen molar-refractivity contribution in [2.45, 2.75) is 31.8 Å². The molecule has 1 aromatic carbocycles. The second-order valence-corrected chi connectivity index (χ2v) is 7.23. The largest absolute Gasteiger partial charge is 0.396 e. The topological polar surface area (TPSA) is 113 Å². The first kappa shape index (κ1) is 20.7. The van der Waals surface area contributed by atoms with Crippen LogP contribution in [0.15, 0.2) is 24.3 Å². The number of ketones is 1. The van der Waals surface area contributed by atoms with Crippen LogP contribution in [0.1, 0.15) is 36.2 Å². The van der Waals surface area contributed by atoms with Gasteiger partial charge >= 0.3 is 0 Å². The van der Waals surface area contributed by atoms with Crippen LogP contribution in [0.25, 0.3) is 0 Å². The average Bonchev–Trinajstić information content (AvgIpc) is 3.40. The summed E-state index contributed by atoms with van der Waals surface area (Å²) in [7, 11) is 0. The van der Waals surface area contributed by atoms with Crippen LogP contribution < -0.4 is 11.1 Å². The number of aliphatic hydroxyl groups excluding tert-OH is 2. The van der Waals surface area contributed by atoms with Gasteiger partial charge in [-0.05, 0) is 62.3 Å². The zero-order valence-corrected chi connectivity index (χ0v) is 15.5. The van der Waals surface area contributed by atoms with Crippen molar-refractivity contribution in [1.29, 1.82) is 0 Å². The molecule has 3 atom stereocenters. The summed E-state index contributed by atoms with van der Waals surface area (Å²) in [5.74, 6) is 11.0. The standard InChI is InChI=1S/C21H24N2O4/c1-21(2,22)19(18(26)13-25)23-20(27)15-9-7-14(8-10-15)5-3-4-6-16-11-17(16)12-24/h7-10,16-17,19,24-25H,11-13,22H2,1-2H3,(H,23,27)/t16-,17+,19-/m1/s1. The molecule has 6 nitrogen and oxygen atoms in total. The van der Waals surface area contributed by atoms with Crippen molar-refractivity contribution in [3.63, 3.8) is 0 Å². The summed E-state index contributed by atoms with van der Waals surface area (Å²) >= 11 is 0. The Morgan fingerprint density at radius 1 is 1.26 bits per heavy atom. The van der Waals surface area contributed by atoms with Crippen molar-refractivity contribution in [1.82, 2.24) is 5.32 Å². The average molecular weight is 368 g/mol. The maximum absolute atomic E-state index is 12.4. The lowest BCUT2D eigenvalue weighted by Crippen LogP contribution is -2.59. The van der Waals surface area contributed by atoms with Crippen molar-refractivity contribution in [2.24, 2.45) is 17.6 Å². The molecule has 1 aromatic rings. The van der Waals surface area contributed by atoms with Crippen LogP contribution in [-0.2, 0) is 4.79 Å². The lowest BCUT2D eigenvalue weighted by Gasteiger charge is -2.29. The van der Waals surface area contributed by atoms with E-state index in [1.54, 1.807) is 38.1 Å². The van der Waals surface area contributed by atoms with Crippen LogP contribution in [0.4, 0.5) is 0 Å². The normalized spacial score (nSPS) is 19.0. The summed E-state index contributed by atoms with van der Waals surface area (Å²) in [6.07, 6.45) is 0.925. The second kappa shape index (κ2) is 8.83. The Kier molecular flexibility index (Phi) is 6.76. The highest BCUT2D eigenvalue weighted by atomic mass is 16.3. The van der Waals surface area contributed by atoms with E-state index < -0.39 is 29.9 Å². The van der Waals surface area contributed by atoms with Crippen molar-refractivity contribution in [3.05, 3.63) is 35.4 Å². The predicted molar refractivity (Wildman–Crippen MR) is 101 cm³/mol. The molecule has 0 unspecified atom stereocenters. The fourth-order valence-corrected chi connectivity index (χ4v) is 2.55. The van der Waals surface area contributed by atoms with Gasteiger partial charge in [-0.25, -0.2) is 0 Å². The molecule has 0 heterocycles. The van der Waals surface area contributed by atoms with Crippen LogP contribution >= 0.6 is 0 Å². The molecule has 0 bridgehead atoms. The third-order valence-electron chi connectivity index (χ3n) is 4.33. The predicted octanol–water partition coefficient (Wildman–Crippen LogP) is 0.0670. The van der Waals surface area contributed by atoms with E-state index in [1.165, 1.54) is 0 Å². The van der Waals surface area contributed by atoms with Gasteiger partial charge in [0.15, 0.2) is 5.78 Å². The molecule has 27 heavy (non-hydrogen) atoms. The van der Waals surface area contributed by atoms with Crippen molar-refractivity contribution in [3.8, 4) is 23.7 Å². The molecule has 2 rings (SSSR count). The molecular formula is C21H24N2O4. The molecule has 1 aliphatic rings. The third kappa shape index (κ3) is 5.94. The van der Waals surface area contributed by atoms with Crippen molar-refractivity contribution < 1.29 is 19.8 Å². The summed E-state index contributed by atoms with van der Waals surface area (Å²) in [5, 5.41) is 20.6. The smallest absolute Gasteiger partial charge is 0.251 e. The number of rotatable bonds is 6. The lowest BCUT2D eigenvalue weighted by molar-refractivity contribution is -0.124. The van der Waals surface area contributed by atoms with Crippen molar-refractivity contribution >= 4 is 11.7 Å². The maximum atomic E-state index is 12.4. The van der Waals surface area contributed by atoms with Gasteiger partial charge in [0.05, 0.1) is 0 Å². The molecule has 0 saturated heterocycles. The van der Waals surface area contributed by atoms with Gasteiger partial charge in [0.25, 0.3) is 5.91 Å². The summed E-state index contributed by atoms with van der Waals surface area (Å²) < 4.78 is 0. The summed E-state index contributed by atoms with van der Waals surface area (Å²) in [4.78, 5) is 24.2. The van der Waals surface area contributed by atoms with Gasteiger partial charge in [0.1, 0.15) is 12.6 Å². The number of nitrogens with two attached hydrogens (primary N) is 1. The molecule has 1 aliphatic carbocycles. The number of carbonyl (C=O) groups is 2. The Bertz CT molecular complexity index is 816. The van der Waals surface area contributed by atoms with Gasteiger partial charge < -0.3 is 21.3 Å². The SMILES string of the molecule is CC(C)(N)[C@H](NC(=O)c1ccc(C#CC#C[C@@H]2C[C@H]2CO)cc1)C(=O)CO. The van der Waals surface area contributed by atoms with Gasteiger partial charge in [-0.15, -0.1) is 0 Å². The number of hydrogen-bond donors (Lipinski definition) is 4. The van der Waals surface area contributed by atoms with E-state index in [9.17, 15) is 9.59 Å². The number of aliphatic hydroxyl groups is 2. The molecule has 6 heteroatoms. The molecular weight excluding hydrogens is 344 g/mol. The van der Waals surface area contributed by atoms with Crippen molar-refractivity contribution in [2.75, 3.05) is 13.2 Å². The molecule has 142 valence electrons. The fourth-order valence-electron chi connectivity index (χ4n) is 2.55. The van der Waals surface area contributed by atoms with E-state index in [0.29, 0.717) is 11.1 Å². The van der Waals surface area contributed by atoms with Gasteiger partial charge in [-0.2, -0.15) is 0 Å². The first-order valence-corrected chi connectivity index (χ1v) is 8.72. The number of amides is 1. The van der Waals surface area contributed by atoms with E-state index in [4.69, 9.17) is 15.9 Å². The van der Waals surface area contributed by atoms with Crippen LogP contribution in [-0.4, -0.2) is 46.7 Å². The van der Waals surface area contributed by atoms with Gasteiger partial charge in [0.2, 0.25) is 0 Å². The van der Waals surface area contributed by atoms with E-state index in [-0.39, 0.29) is 18.4 Å². The molecule has 0 radical (unpaired) electrons. The molecule has 0 aromatic heterocycles. The Labute approximate surface area is 159 Å². The Hall–Kier alpha value is -2.64. The lowest BCUT2D eigenvalue weighted by atomic mass is 9.92. The highest BCUT2D eigenvalue weighted by Gasteiger charge is 2.34. The Morgan fingerprint density at radius 3 is 2.44 bits per heavy atom. The highest BCUT2D eigenvalue weighted by Crippen LogP contribution is 2.36. The van der Waals surface area contributed by atoms with Crippen LogP contribution in [0, 0.1) is 35.5 Å².